The van der Waals surface area contributed by atoms with Crippen LogP contribution in [0.1, 0.15) is 72.6 Å². The van der Waals surface area contributed by atoms with Crippen LogP contribution in [0.5, 0.6) is 0 Å². The topological polar surface area (TPSA) is 295 Å². The number of hydrogen-bond donors (Lipinski definition) is 3. The SMILES string of the molecule is Cc1noc(C)c1-c1ccc2c(-c3nc(N[C@H]4CCC[C@H]4OS(C)(=O)=O)ncc3C(F)(F)F)c[nH]c2n1.Cc1noc(C)c1-c1ccc2c(-c3nc(N[C@H]4CCC[C@H]4OS(C)(=O)=O)ncc3C(F)(F)F)cn(S(=O)(=O)c3ccccc3)c2n1. The van der Waals surface area contributed by atoms with Gasteiger partial charge in [0, 0.05) is 46.7 Å². The normalized spacial score (nSPS) is 18.0. The molecule has 438 valence electrons. The molecular formula is C52H50F6N12O10S3. The van der Waals surface area contributed by atoms with Crippen molar-refractivity contribution < 1.29 is 69.0 Å². The van der Waals surface area contributed by atoms with Crippen LogP contribution in [0.15, 0.2) is 93.3 Å². The Morgan fingerprint density at radius 3 is 1.57 bits per heavy atom. The summed E-state index contributed by atoms with van der Waals surface area (Å²) in [5.41, 5.74) is 0.339. The number of anilines is 2. The molecule has 8 aromatic heterocycles. The molecule has 0 bridgehead atoms. The average Bonchev–Trinajstić information content (AvgIpc) is 3.82. The Balaban J connectivity index is 0.000000190. The lowest BCUT2D eigenvalue weighted by atomic mass is 10.1. The molecule has 9 aromatic rings. The van der Waals surface area contributed by atoms with Crippen molar-refractivity contribution >= 4 is 64.2 Å². The van der Waals surface area contributed by atoms with Gasteiger partial charge in [-0.3, -0.25) is 8.37 Å². The summed E-state index contributed by atoms with van der Waals surface area (Å²) in [6.45, 7) is 6.87. The lowest BCUT2D eigenvalue weighted by Crippen LogP contribution is -2.33. The second kappa shape index (κ2) is 22.0. The summed E-state index contributed by atoms with van der Waals surface area (Å²) in [6, 6.07) is 12.7. The molecule has 4 atom stereocenters. The number of fused-ring (bicyclic) bond motifs is 2. The number of aromatic amines is 1. The minimum Gasteiger partial charge on any atom is -0.361 e. The number of halogens is 6. The molecule has 2 saturated carbocycles. The molecule has 11 rings (SSSR count). The highest BCUT2D eigenvalue weighted by Gasteiger charge is 2.40. The predicted molar refractivity (Wildman–Crippen MR) is 289 cm³/mol. The van der Waals surface area contributed by atoms with Crippen LogP contribution in [0.25, 0.3) is 67.1 Å². The first kappa shape index (κ1) is 58.3. The molecule has 3 N–H and O–H groups in total. The molecular weight excluding hydrogens is 1160 g/mol. The van der Waals surface area contributed by atoms with Gasteiger partial charge in [0.15, 0.2) is 5.65 Å². The first-order chi connectivity index (χ1) is 39.0. The first-order valence-corrected chi connectivity index (χ1v) is 30.5. The molecule has 2 aliphatic rings. The molecule has 22 nitrogen and oxygen atoms in total. The van der Waals surface area contributed by atoms with Gasteiger partial charge in [-0.25, -0.2) is 42.3 Å². The summed E-state index contributed by atoms with van der Waals surface area (Å²) < 4.78 is 181. The largest absolute Gasteiger partial charge is 0.419 e. The van der Waals surface area contributed by atoms with Crippen molar-refractivity contribution in [3.63, 3.8) is 0 Å². The average molecular weight is 1210 g/mol. The fourth-order valence-corrected chi connectivity index (χ4v) is 12.9. The zero-order valence-corrected chi connectivity index (χ0v) is 47.1. The first-order valence-electron chi connectivity index (χ1n) is 25.4. The maximum absolute atomic E-state index is 14.4. The summed E-state index contributed by atoms with van der Waals surface area (Å²) in [6.07, 6.45) is -2.19. The Hall–Kier alpha value is -7.87. The van der Waals surface area contributed by atoms with Crippen molar-refractivity contribution in [2.75, 3.05) is 23.1 Å². The van der Waals surface area contributed by atoms with Gasteiger partial charge >= 0.3 is 12.4 Å². The molecule has 0 saturated heterocycles. The van der Waals surface area contributed by atoms with Gasteiger partial charge in [-0.1, -0.05) is 28.5 Å². The van der Waals surface area contributed by atoms with Crippen molar-refractivity contribution in [2.24, 2.45) is 0 Å². The molecule has 1 aromatic carbocycles. The van der Waals surface area contributed by atoms with Crippen molar-refractivity contribution in [1.29, 1.82) is 0 Å². The Morgan fingerprint density at radius 2 is 1.10 bits per heavy atom. The minimum atomic E-state index is -4.92. The number of aromatic nitrogens is 10. The Bertz CT molecular complexity index is 4250. The Kier molecular flexibility index (Phi) is 15.5. The van der Waals surface area contributed by atoms with E-state index in [1.807, 2.05) is 0 Å². The van der Waals surface area contributed by atoms with Crippen molar-refractivity contribution in [3.05, 3.63) is 113 Å². The van der Waals surface area contributed by atoms with E-state index in [2.05, 4.69) is 55.8 Å². The quantitative estimate of drug-likeness (QED) is 0.0673. The fourth-order valence-electron chi connectivity index (χ4n) is 10.3. The monoisotopic (exact) mass is 1210 g/mol. The maximum atomic E-state index is 14.4. The number of H-pyrrole nitrogens is 1. The summed E-state index contributed by atoms with van der Waals surface area (Å²) >= 11 is 0. The van der Waals surface area contributed by atoms with E-state index < -0.39 is 83.7 Å². The van der Waals surface area contributed by atoms with Crippen LogP contribution < -0.4 is 10.6 Å². The van der Waals surface area contributed by atoms with E-state index in [0.717, 1.165) is 28.9 Å². The standard InChI is InChI=1S/C29H27F3N6O6S2.C23H23F3N6O4S/c1-16-25(17(2)43-37-16)23-13-12-19-20(15-38(27(19)34-23)46(41,42)18-8-5-4-6-9-18)26-21(29(30,31)32)14-33-28(36-26)35-22-10-7-11-24(22)44-45(3,39)40;1-11-19(12(2)35-32-11)17-8-7-13-14(9-27-21(13)29-17)20-15(23(24,25)26)10-28-22(31-20)30-16-5-4-6-18(16)36-37(3,33)34/h4-6,8-9,12-15,22,24H,7,10-11H2,1-3H3,(H,33,35,36);7-10,16,18H,4-6H2,1-3H3,(H,27,29)(H,28,30,31)/t22-,24+;16-,18+/m00/s1. The van der Waals surface area contributed by atoms with Gasteiger partial charge in [0.05, 0.1) is 87.0 Å². The van der Waals surface area contributed by atoms with Gasteiger partial charge in [-0.15, -0.1) is 0 Å². The number of benzene rings is 1. The summed E-state index contributed by atoms with van der Waals surface area (Å²) in [4.78, 5) is 28.1. The third kappa shape index (κ3) is 12.3. The molecule has 0 amide bonds. The number of pyridine rings is 2. The zero-order chi connectivity index (χ0) is 59.6. The number of nitrogens with zero attached hydrogens (tertiary/aromatic N) is 9. The number of nitrogens with one attached hydrogen (secondary N) is 3. The van der Waals surface area contributed by atoms with Gasteiger partial charge < -0.3 is 24.7 Å². The highest BCUT2D eigenvalue weighted by molar-refractivity contribution is 7.90. The van der Waals surface area contributed by atoms with E-state index in [-0.39, 0.29) is 44.6 Å². The number of alkyl halides is 6. The van der Waals surface area contributed by atoms with Gasteiger partial charge in [0.2, 0.25) is 11.9 Å². The van der Waals surface area contributed by atoms with Crippen LogP contribution in [0.2, 0.25) is 0 Å². The molecule has 31 heteroatoms. The molecule has 0 radical (unpaired) electrons. The number of rotatable bonds is 14. The molecule has 0 aliphatic heterocycles. The molecule has 83 heavy (non-hydrogen) atoms. The van der Waals surface area contributed by atoms with Crippen molar-refractivity contribution in [2.45, 2.75) is 108 Å². The number of aryl methyl sites for hydroxylation is 4. The third-order valence-corrected chi connectivity index (χ3v) is 16.7. The van der Waals surface area contributed by atoms with Gasteiger partial charge in [-0.2, -0.15) is 43.2 Å². The summed E-state index contributed by atoms with van der Waals surface area (Å²) in [5, 5.41) is 14.2. The van der Waals surface area contributed by atoms with Crippen LogP contribution in [0.4, 0.5) is 38.2 Å². The fraction of sp³-hybridized carbons (Fsp3) is 0.346. The van der Waals surface area contributed by atoms with Crippen LogP contribution >= 0.6 is 0 Å². The minimum absolute atomic E-state index is 0.0633. The molecule has 0 unspecified atom stereocenters. The van der Waals surface area contributed by atoms with Crippen molar-refractivity contribution in [3.8, 4) is 45.0 Å². The van der Waals surface area contributed by atoms with Gasteiger partial charge in [0.25, 0.3) is 30.3 Å². The smallest absolute Gasteiger partial charge is 0.361 e. The van der Waals surface area contributed by atoms with Crippen LogP contribution in [0.3, 0.4) is 0 Å². The predicted octanol–water partition coefficient (Wildman–Crippen LogP) is 9.95. The highest BCUT2D eigenvalue weighted by atomic mass is 32.2. The maximum Gasteiger partial charge on any atom is 0.419 e. The molecule has 2 fully saturated rings. The van der Waals surface area contributed by atoms with Crippen LogP contribution in [-0.4, -0.2) is 111 Å². The lowest BCUT2D eigenvalue weighted by Gasteiger charge is -2.21. The molecule has 2 aliphatic carbocycles. The van der Waals surface area contributed by atoms with Gasteiger partial charge in [-0.05, 0) is 103 Å². The zero-order valence-electron chi connectivity index (χ0n) is 44.7. The summed E-state index contributed by atoms with van der Waals surface area (Å²) in [7, 11) is -11.9. The Labute approximate surface area is 469 Å². The van der Waals surface area contributed by atoms with Crippen molar-refractivity contribution in [1.82, 2.24) is 49.2 Å². The van der Waals surface area contributed by atoms with E-state index in [1.54, 1.807) is 45.9 Å². The van der Waals surface area contributed by atoms with E-state index in [9.17, 15) is 51.6 Å². The van der Waals surface area contributed by atoms with E-state index in [0.29, 0.717) is 101 Å². The molecule has 8 heterocycles. The van der Waals surface area contributed by atoms with E-state index in [4.69, 9.17) is 17.4 Å². The van der Waals surface area contributed by atoms with Crippen LogP contribution in [0, 0.1) is 27.7 Å². The molecule has 0 spiro atoms. The summed E-state index contributed by atoms with van der Waals surface area (Å²) in [5.74, 6) is 0.715. The highest BCUT2D eigenvalue weighted by Crippen LogP contribution is 2.43. The van der Waals surface area contributed by atoms with E-state index in [1.165, 1.54) is 42.6 Å². The number of hydrogen-bond acceptors (Lipinski definition) is 20. The van der Waals surface area contributed by atoms with Crippen LogP contribution in [-0.2, 0) is 51.0 Å². The second-order valence-electron chi connectivity index (χ2n) is 19.9. The third-order valence-electron chi connectivity index (χ3n) is 13.9. The van der Waals surface area contributed by atoms with Gasteiger partial charge in [0.1, 0.15) is 28.3 Å². The van der Waals surface area contributed by atoms with E-state index >= 15 is 0 Å². The Morgan fingerprint density at radius 1 is 0.614 bits per heavy atom. The lowest BCUT2D eigenvalue weighted by molar-refractivity contribution is -0.138. The second-order valence-corrected chi connectivity index (χ2v) is 24.9.